The normalized spacial score (nSPS) is 20.2. The maximum absolute atomic E-state index is 11.6. The summed E-state index contributed by atoms with van der Waals surface area (Å²) in [4.78, 5) is 27.8. The van der Waals surface area contributed by atoms with Crippen LogP contribution in [0.5, 0.6) is 0 Å². The molecule has 1 N–H and O–H groups in total. The lowest BCUT2D eigenvalue weighted by molar-refractivity contribution is -0.117. The molecule has 0 spiro atoms. The van der Waals surface area contributed by atoms with E-state index in [9.17, 15) is 9.59 Å². The molecule has 1 saturated heterocycles. The van der Waals surface area contributed by atoms with Crippen LogP contribution in [0.1, 0.15) is 16.9 Å². The molecule has 1 aromatic rings. The van der Waals surface area contributed by atoms with Gasteiger partial charge in [-0.15, -0.1) is 0 Å². The Balaban J connectivity index is 2.30. The van der Waals surface area contributed by atoms with E-state index in [1.165, 1.54) is 11.0 Å². The number of carbonyl (C=O) groups excluding carboxylic acids is 1. The fourth-order valence-electron chi connectivity index (χ4n) is 1.58. The minimum atomic E-state index is -1.09. The lowest BCUT2D eigenvalue weighted by Crippen LogP contribution is -2.26. The molecule has 0 bridgehead atoms. The first-order chi connectivity index (χ1) is 7.58. The third-order valence-electron chi connectivity index (χ3n) is 2.31. The van der Waals surface area contributed by atoms with Gasteiger partial charge in [-0.05, 0) is 12.1 Å². The van der Waals surface area contributed by atoms with Crippen molar-refractivity contribution in [3.63, 3.8) is 0 Å². The van der Waals surface area contributed by atoms with Crippen LogP contribution in [0.15, 0.2) is 18.2 Å². The molecule has 1 aliphatic heterocycles. The van der Waals surface area contributed by atoms with Gasteiger partial charge in [-0.1, -0.05) is 22.0 Å². The highest BCUT2D eigenvalue weighted by Gasteiger charge is 2.29. The van der Waals surface area contributed by atoms with Crippen molar-refractivity contribution in [1.82, 2.24) is 4.98 Å². The Morgan fingerprint density at radius 3 is 2.88 bits per heavy atom. The number of rotatable bonds is 2. The highest BCUT2D eigenvalue weighted by molar-refractivity contribution is 9.09. The fourth-order valence-corrected chi connectivity index (χ4v) is 2.14. The number of amides is 1. The van der Waals surface area contributed by atoms with E-state index in [0.717, 1.165) is 0 Å². The number of alkyl halides is 1. The summed E-state index contributed by atoms with van der Waals surface area (Å²) in [5.41, 5.74) is -0.0525. The molecule has 1 amide bonds. The second kappa shape index (κ2) is 4.21. The summed E-state index contributed by atoms with van der Waals surface area (Å²) in [6.45, 7) is 0.523. The number of hydrogen-bond acceptors (Lipinski definition) is 3. The Kier molecular flexibility index (Phi) is 2.91. The number of aromatic carboxylic acids is 1. The predicted molar refractivity (Wildman–Crippen MR) is 60.9 cm³/mol. The van der Waals surface area contributed by atoms with Crippen LogP contribution in [-0.2, 0) is 4.79 Å². The second-order valence-electron chi connectivity index (χ2n) is 3.49. The molecule has 16 heavy (non-hydrogen) atoms. The summed E-state index contributed by atoms with van der Waals surface area (Å²) in [5.74, 6) is -0.743. The van der Waals surface area contributed by atoms with E-state index < -0.39 is 5.97 Å². The molecule has 6 heteroatoms. The quantitative estimate of drug-likeness (QED) is 0.831. The molecule has 1 aliphatic rings. The maximum atomic E-state index is 11.6. The molecule has 1 aromatic heterocycles. The summed E-state index contributed by atoms with van der Waals surface area (Å²) < 4.78 is 0. The van der Waals surface area contributed by atoms with Gasteiger partial charge in [0.2, 0.25) is 5.91 Å². The van der Waals surface area contributed by atoms with Crippen LogP contribution in [0.4, 0.5) is 5.82 Å². The first kappa shape index (κ1) is 11.1. The third kappa shape index (κ3) is 2.06. The monoisotopic (exact) mass is 284 g/mol. The molecular formula is C10H9BrN2O3. The van der Waals surface area contributed by atoms with Crippen molar-refractivity contribution >= 4 is 33.6 Å². The van der Waals surface area contributed by atoms with Crippen molar-refractivity contribution in [3.05, 3.63) is 23.9 Å². The fraction of sp³-hybridized carbons (Fsp3) is 0.300. The molecule has 0 radical (unpaired) electrons. The average molecular weight is 285 g/mol. The maximum Gasteiger partial charge on any atom is 0.354 e. The number of aromatic nitrogens is 1. The SMILES string of the molecule is O=C(O)c1cccc(N2CC(Br)CC2=O)n1. The second-order valence-corrected chi connectivity index (χ2v) is 4.79. The summed E-state index contributed by atoms with van der Waals surface area (Å²) in [5, 5.41) is 8.79. The number of pyridine rings is 1. The third-order valence-corrected chi connectivity index (χ3v) is 2.92. The van der Waals surface area contributed by atoms with E-state index in [-0.39, 0.29) is 16.4 Å². The Labute approximate surface area is 100 Å². The molecule has 1 unspecified atom stereocenters. The van der Waals surface area contributed by atoms with Crippen molar-refractivity contribution in [2.45, 2.75) is 11.2 Å². The Morgan fingerprint density at radius 2 is 2.31 bits per heavy atom. The number of carbonyl (C=O) groups is 2. The zero-order chi connectivity index (χ0) is 11.7. The number of carboxylic acid groups (broad SMARTS) is 1. The van der Waals surface area contributed by atoms with Gasteiger partial charge in [0, 0.05) is 17.8 Å². The zero-order valence-corrected chi connectivity index (χ0v) is 9.85. The van der Waals surface area contributed by atoms with Gasteiger partial charge >= 0.3 is 5.97 Å². The topological polar surface area (TPSA) is 70.5 Å². The summed E-state index contributed by atoms with van der Waals surface area (Å²) in [6.07, 6.45) is 0.416. The molecule has 1 atom stereocenters. The molecule has 2 heterocycles. The van der Waals surface area contributed by atoms with E-state index in [2.05, 4.69) is 20.9 Å². The van der Waals surface area contributed by atoms with E-state index in [4.69, 9.17) is 5.11 Å². The first-order valence-corrected chi connectivity index (χ1v) is 5.64. The lowest BCUT2D eigenvalue weighted by Gasteiger charge is -2.14. The van der Waals surface area contributed by atoms with Gasteiger partial charge in [-0.2, -0.15) is 0 Å². The van der Waals surface area contributed by atoms with Gasteiger partial charge < -0.3 is 5.11 Å². The minimum absolute atomic E-state index is 0.0445. The largest absolute Gasteiger partial charge is 0.477 e. The molecule has 2 rings (SSSR count). The van der Waals surface area contributed by atoms with Crippen molar-refractivity contribution in [1.29, 1.82) is 0 Å². The van der Waals surface area contributed by atoms with Crippen LogP contribution < -0.4 is 4.90 Å². The minimum Gasteiger partial charge on any atom is -0.477 e. The molecule has 84 valence electrons. The number of halogens is 1. The predicted octanol–water partition coefficient (Wildman–Crippen LogP) is 1.28. The Hall–Kier alpha value is -1.43. The summed E-state index contributed by atoms with van der Waals surface area (Å²) >= 11 is 3.36. The van der Waals surface area contributed by atoms with Crippen LogP contribution in [0.3, 0.4) is 0 Å². The Morgan fingerprint density at radius 1 is 1.56 bits per heavy atom. The molecular weight excluding hydrogens is 276 g/mol. The number of carboxylic acids is 1. The highest BCUT2D eigenvalue weighted by Crippen LogP contribution is 2.23. The van der Waals surface area contributed by atoms with Crippen LogP contribution >= 0.6 is 15.9 Å². The standard InChI is InChI=1S/C10H9BrN2O3/c11-6-4-9(14)13(5-6)8-3-1-2-7(12-8)10(15)16/h1-3,6H,4-5H2,(H,15,16). The lowest BCUT2D eigenvalue weighted by atomic mass is 10.3. The number of nitrogens with zero attached hydrogens (tertiary/aromatic N) is 2. The zero-order valence-electron chi connectivity index (χ0n) is 8.26. The van der Waals surface area contributed by atoms with Crippen LogP contribution in [0.2, 0.25) is 0 Å². The number of anilines is 1. The molecule has 0 aliphatic carbocycles. The van der Waals surface area contributed by atoms with Gasteiger partial charge in [0.05, 0.1) is 0 Å². The molecule has 5 nitrogen and oxygen atoms in total. The molecule has 1 fully saturated rings. The van der Waals surface area contributed by atoms with Gasteiger partial charge in [-0.3, -0.25) is 9.69 Å². The Bertz CT molecular complexity index is 449. The molecule has 0 saturated carbocycles. The van der Waals surface area contributed by atoms with Crippen molar-refractivity contribution in [3.8, 4) is 0 Å². The van der Waals surface area contributed by atoms with Gasteiger partial charge in [0.15, 0.2) is 5.69 Å². The number of hydrogen-bond donors (Lipinski definition) is 1. The van der Waals surface area contributed by atoms with Crippen LogP contribution in [0.25, 0.3) is 0 Å². The van der Waals surface area contributed by atoms with E-state index in [0.29, 0.717) is 18.8 Å². The summed E-state index contributed by atoms with van der Waals surface area (Å²) in [7, 11) is 0. The first-order valence-electron chi connectivity index (χ1n) is 4.72. The van der Waals surface area contributed by atoms with E-state index >= 15 is 0 Å². The van der Waals surface area contributed by atoms with Crippen LogP contribution in [-0.4, -0.2) is 33.3 Å². The van der Waals surface area contributed by atoms with Gasteiger partial charge in [-0.25, -0.2) is 9.78 Å². The smallest absolute Gasteiger partial charge is 0.354 e. The van der Waals surface area contributed by atoms with Crippen LogP contribution in [0, 0.1) is 0 Å². The van der Waals surface area contributed by atoms with Gasteiger partial charge in [0.1, 0.15) is 5.82 Å². The van der Waals surface area contributed by atoms with E-state index in [1.807, 2.05) is 0 Å². The van der Waals surface area contributed by atoms with E-state index in [1.54, 1.807) is 12.1 Å². The van der Waals surface area contributed by atoms with Crippen molar-refractivity contribution < 1.29 is 14.7 Å². The van der Waals surface area contributed by atoms with Crippen molar-refractivity contribution in [2.75, 3.05) is 11.4 Å². The van der Waals surface area contributed by atoms with Crippen molar-refractivity contribution in [2.24, 2.45) is 0 Å². The highest BCUT2D eigenvalue weighted by atomic mass is 79.9. The molecule has 0 aromatic carbocycles. The summed E-state index contributed by atoms with van der Waals surface area (Å²) in [6, 6.07) is 4.62. The van der Waals surface area contributed by atoms with Gasteiger partial charge in [0.25, 0.3) is 0 Å². The average Bonchev–Trinajstić information content (AvgIpc) is 2.58.